The van der Waals surface area contributed by atoms with Crippen LogP contribution in [0.2, 0.25) is 0 Å². The van der Waals surface area contributed by atoms with Crippen molar-refractivity contribution >= 4 is 11.8 Å². The molecule has 1 aromatic rings. The van der Waals surface area contributed by atoms with Gasteiger partial charge >= 0.3 is 0 Å². The fraction of sp³-hybridized carbons (Fsp3) is 0.625. The molecule has 1 aliphatic rings. The van der Waals surface area contributed by atoms with Gasteiger partial charge in [-0.15, -0.1) is 11.8 Å². The van der Waals surface area contributed by atoms with E-state index in [-0.39, 0.29) is 0 Å². The largest absolute Gasteiger partial charge is 0.497 e. The lowest BCUT2D eigenvalue weighted by Gasteiger charge is -2.26. The predicted octanol–water partition coefficient (Wildman–Crippen LogP) is 3.96. The number of benzene rings is 1. The Morgan fingerprint density at radius 1 is 1.26 bits per heavy atom. The van der Waals surface area contributed by atoms with Crippen LogP contribution in [0.25, 0.3) is 0 Å². The molecule has 0 bridgehead atoms. The summed E-state index contributed by atoms with van der Waals surface area (Å²) in [6.07, 6.45) is 5.48. The van der Waals surface area contributed by atoms with E-state index in [4.69, 9.17) is 4.74 Å². The Kier molecular flexibility index (Phi) is 6.05. The normalized spacial score (nSPS) is 23.3. The maximum absolute atomic E-state index is 5.24. The highest BCUT2D eigenvalue weighted by atomic mass is 32.2. The second kappa shape index (κ2) is 7.81. The Morgan fingerprint density at radius 3 is 2.79 bits per heavy atom. The van der Waals surface area contributed by atoms with E-state index in [1.807, 2.05) is 17.8 Å². The van der Waals surface area contributed by atoms with Crippen LogP contribution in [-0.4, -0.2) is 25.4 Å². The van der Waals surface area contributed by atoms with Crippen LogP contribution in [0.15, 0.2) is 29.2 Å². The van der Waals surface area contributed by atoms with Gasteiger partial charge in [0, 0.05) is 23.2 Å². The van der Waals surface area contributed by atoms with E-state index in [9.17, 15) is 0 Å². The van der Waals surface area contributed by atoms with Crippen LogP contribution >= 0.6 is 11.8 Å². The quantitative estimate of drug-likeness (QED) is 0.629. The molecular weight excluding hydrogens is 254 g/mol. The Balaban J connectivity index is 1.63. The number of methoxy groups -OCH3 is 1. The van der Waals surface area contributed by atoms with Gasteiger partial charge in [-0.1, -0.05) is 13.0 Å². The Morgan fingerprint density at radius 2 is 2.05 bits per heavy atom. The van der Waals surface area contributed by atoms with Gasteiger partial charge in [0.25, 0.3) is 0 Å². The molecule has 0 aliphatic heterocycles. The van der Waals surface area contributed by atoms with Crippen LogP contribution in [0.3, 0.4) is 0 Å². The molecule has 3 heteroatoms. The summed E-state index contributed by atoms with van der Waals surface area (Å²) in [4.78, 5) is 1.29. The van der Waals surface area contributed by atoms with Crippen molar-refractivity contribution in [3.63, 3.8) is 0 Å². The smallest absolute Gasteiger partial charge is 0.119 e. The maximum atomic E-state index is 5.24. The van der Waals surface area contributed by atoms with Crippen molar-refractivity contribution in [3.8, 4) is 5.75 Å². The highest BCUT2D eigenvalue weighted by Gasteiger charge is 2.16. The van der Waals surface area contributed by atoms with Crippen molar-refractivity contribution in [3.05, 3.63) is 24.3 Å². The van der Waals surface area contributed by atoms with Gasteiger partial charge in [-0.05, 0) is 49.8 Å². The van der Waals surface area contributed by atoms with Gasteiger partial charge < -0.3 is 10.1 Å². The van der Waals surface area contributed by atoms with E-state index in [0.717, 1.165) is 30.0 Å². The van der Waals surface area contributed by atoms with Crippen molar-refractivity contribution in [1.82, 2.24) is 5.32 Å². The summed E-state index contributed by atoms with van der Waals surface area (Å²) < 4.78 is 5.24. The lowest BCUT2D eigenvalue weighted by atomic mass is 9.87. The molecule has 0 radical (unpaired) electrons. The van der Waals surface area contributed by atoms with Crippen LogP contribution in [0, 0.1) is 5.92 Å². The standard InChI is InChI=1S/C16H25NOS/c1-13-6-8-14(9-7-13)17-10-11-19-16-5-3-4-15(12-16)18-2/h3-5,12-14,17H,6-11H2,1-2H3. The predicted molar refractivity (Wildman–Crippen MR) is 83.1 cm³/mol. The van der Waals surface area contributed by atoms with Crippen LogP contribution in [-0.2, 0) is 0 Å². The van der Waals surface area contributed by atoms with Crippen molar-refractivity contribution in [2.24, 2.45) is 5.92 Å². The molecule has 1 fully saturated rings. The van der Waals surface area contributed by atoms with E-state index < -0.39 is 0 Å². The number of hydrogen-bond acceptors (Lipinski definition) is 3. The highest BCUT2D eigenvalue weighted by Crippen LogP contribution is 2.24. The molecule has 2 rings (SSSR count). The summed E-state index contributed by atoms with van der Waals surface area (Å²) >= 11 is 1.90. The fourth-order valence-corrected chi connectivity index (χ4v) is 3.42. The molecule has 0 aromatic heterocycles. The minimum atomic E-state index is 0.752. The molecule has 1 aliphatic carbocycles. The third kappa shape index (κ3) is 5.07. The van der Waals surface area contributed by atoms with Gasteiger partial charge in [-0.25, -0.2) is 0 Å². The summed E-state index contributed by atoms with van der Waals surface area (Å²) in [5.41, 5.74) is 0. The minimum absolute atomic E-state index is 0.752. The van der Waals surface area contributed by atoms with Crippen molar-refractivity contribution < 1.29 is 4.74 Å². The van der Waals surface area contributed by atoms with E-state index in [1.165, 1.54) is 30.6 Å². The number of nitrogens with one attached hydrogen (secondary N) is 1. The van der Waals surface area contributed by atoms with Crippen LogP contribution in [0.4, 0.5) is 0 Å². The first-order valence-electron chi connectivity index (χ1n) is 7.28. The topological polar surface area (TPSA) is 21.3 Å². The molecule has 1 N–H and O–H groups in total. The van der Waals surface area contributed by atoms with Gasteiger partial charge in [-0.3, -0.25) is 0 Å². The fourth-order valence-electron chi connectivity index (χ4n) is 2.59. The lowest BCUT2D eigenvalue weighted by molar-refractivity contribution is 0.312. The molecule has 19 heavy (non-hydrogen) atoms. The molecule has 1 saturated carbocycles. The first-order chi connectivity index (χ1) is 9.28. The van der Waals surface area contributed by atoms with E-state index in [1.54, 1.807) is 7.11 Å². The summed E-state index contributed by atoms with van der Waals surface area (Å²) in [6.45, 7) is 3.47. The zero-order valence-electron chi connectivity index (χ0n) is 12.0. The SMILES string of the molecule is COc1cccc(SCCNC2CCC(C)CC2)c1. The number of thioether (sulfide) groups is 1. The minimum Gasteiger partial charge on any atom is -0.497 e. The summed E-state index contributed by atoms with van der Waals surface area (Å²) in [5, 5.41) is 3.69. The Labute approximate surface area is 121 Å². The molecule has 1 aromatic carbocycles. The van der Waals surface area contributed by atoms with Crippen LogP contribution < -0.4 is 10.1 Å². The van der Waals surface area contributed by atoms with Crippen molar-refractivity contribution in [2.75, 3.05) is 19.4 Å². The Bertz CT molecular complexity index is 375. The van der Waals surface area contributed by atoms with Crippen molar-refractivity contribution in [1.29, 1.82) is 0 Å². The monoisotopic (exact) mass is 279 g/mol. The average Bonchev–Trinajstić information content (AvgIpc) is 2.46. The van der Waals surface area contributed by atoms with Gasteiger partial charge in [0.1, 0.15) is 5.75 Å². The van der Waals surface area contributed by atoms with E-state index >= 15 is 0 Å². The van der Waals surface area contributed by atoms with Gasteiger partial charge in [0.05, 0.1) is 7.11 Å². The maximum Gasteiger partial charge on any atom is 0.119 e. The van der Waals surface area contributed by atoms with E-state index in [0.29, 0.717) is 0 Å². The second-order valence-electron chi connectivity index (χ2n) is 5.44. The number of ether oxygens (including phenoxy) is 1. The number of hydrogen-bond donors (Lipinski definition) is 1. The summed E-state index contributed by atoms with van der Waals surface area (Å²) in [6, 6.07) is 9.05. The van der Waals surface area contributed by atoms with Gasteiger partial charge in [-0.2, -0.15) is 0 Å². The molecule has 0 amide bonds. The second-order valence-corrected chi connectivity index (χ2v) is 6.61. The molecule has 0 spiro atoms. The summed E-state index contributed by atoms with van der Waals surface area (Å²) in [5.74, 6) is 3.00. The zero-order valence-corrected chi connectivity index (χ0v) is 12.8. The molecular formula is C16H25NOS. The molecule has 0 saturated heterocycles. The Hall–Kier alpha value is -0.670. The van der Waals surface area contributed by atoms with E-state index in [2.05, 4.69) is 30.4 Å². The average molecular weight is 279 g/mol. The number of rotatable bonds is 6. The highest BCUT2D eigenvalue weighted by molar-refractivity contribution is 7.99. The van der Waals surface area contributed by atoms with Crippen LogP contribution in [0.5, 0.6) is 5.75 Å². The summed E-state index contributed by atoms with van der Waals surface area (Å²) in [7, 11) is 1.72. The van der Waals surface area contributed by atoms with Crippen molar-refractivity contribution in [2.45, 2.75) is 43.5 Å². The molecule has 0 heterocycles. The first kappa shape index (κ1) is 14.7. The molecule has 0 atom stereocenters. The van der Waals surface area contributed by atoms with Gasteiger partial charge in [0.15, 0.2) is 0 Å². The molecule has 0 unspecified atom stereocenters. The zero-order chi connectivity index (χ0) is 13.5. The van der Waals surface area contributed by atoms with Crippen LogP contribution in [0.1, 0.15) is 32.6 Å². The first-order valence-corrected chi connectivity index (χ1v) is 8.26. The third-order valence-corrected chi connectivity index (χ3v) is 4.86. The molecule has 106 valence electrons. The lowest BCUT2D eigenvalue weighted by Crippen LogP contribution is -2.34. The van der Waals surface area contributed by atoms with Gasteiger partial charge in [0.2, 0.25) is 0 Å². The molecule has 2 nitrogen and oxygen atoms in total. The third-order valence-electron chi connectivity index (χ3n) is 3.86.